The van der Waals surface area contributed by atoms with E-state index in [1.54, 1.807) is 18.0 Å². The summed E-state index contributed by atoms with van der Waals surface area (Å²) in [6, 6.07) is 2.73. The lowest BCUT2D eigenvalue weighted by Crippen LogP contribution is -2.48. The van der Waals surface area contributed by atoms with Crippen LogP contribution in [0.1, 0.15) is 21.9 Å². The van der Waals surface area contributed by atoms with Crippen LogP contribution < -0.4 is 0 Å². The highest BCUT2D eigenvalue weighted by Crippen LogP contribution is 2.29. The van der Waals surface area contributed by atoms with Gasteiger partial charge in [-0.3, -0.25) is 4.90 Å². The maximum absolute atomic E-state index is 12.8. The molecule has 0 saturated heterocycles. The molecule has 2 bridgehead atoms. The molecule has 2 aromatic rings. The van der Waals surface area contributed by atoms with E-state index in [0.29, 0.717) is 18.8 Å². The third-order valence-electron chi connectivity index (χ3n) is 4.29. The molecule has 0 N–H and O–H groups in total. The van der Waals surface area contributed by atoms with Crippen molar-refractivity contribution in [1.82, 2.24) is 19.4 Å². The predicted octanol–water partition coefficient (Wildman–Crippen LogP) is 3.87. The summed E-state index contributed by atoms with van der Waals surface area (Å²) < 4.78 is 29.4. The van der Waals surface area contributed by atoms with Crippen LogP contribution >= 0.6 is 22.9 Å². The van der Waals surface area contributed by atoms with Crippen LogP contribution in [0.2, 0.25) is 0 Å². The van der Waals surface area contributed by atoms with E-state index >= 15 is 0 Å². The number of nitrogens with zero attached hydrogens (tertiary/aromatic N) is 5. The number of amides is 2. The summed E-state index contributed by atoms with van der Waals surface area (Å²) in [5.74, 6) is 0.559. The van der Waals surface area contributed by atoms with E-state index in [-0.39, 0.29) is 17.0 Å². The number of thiophene rings is 1. The molecule has 0 spiro atoms. The first-order chi connectivity index (χ1) is 13.0. The fourth-order valence-electron chi connectivity index (χ4n) is 2.92. The third-order valence-corrected chi connectivity index (χ3v) is 5.94. The summed E-state index contributed by atoms with van der Waals surface area (Å²) in [7, 11) is 1.67. The summed E-state index contributed by atoms with van der Waals surface area (Å²) in [5, 5.41) is 5.82. The second-order valence-electron chi connectivity index (χ2n) is 6.13. The van der Waals surface area contributed by atoms with E-state index < -0.39 is 6.43 Å². The van der Waals surface area contributed by atoms with Gasteiger partial charge in [-0.25, -0.2) is 18.6 Å². The molecule has 1 unspecified atom stereocenters. The number of fused-ring (bicyclic) bond motifs is 1. The van der Waals surface area contributed by atoms with Crippen molar-refractivity contribution in [2.75, 3.05) is 7.05 Å². The molecule has 0 aliphatic carbocycles. The Balaban J connectivity index is 1.56. The van der Waals surface area contributed by atoms with Crippen LogP contribution in [0.25, 0.3) is 0 Å². The first-order valence-corrected chi connectivity index (χ1v) is 9.81. The minimum Gasteiger partial charge on any atom is -0.308 e. The molecule has 1 atom stereocenters. The Morgan fingerprint density at radius 1 is 1.33 bits per heavy atom. The van der Waals surface area contributed by atoms with Crippen LogP contribution in [0.4, 0.5) is 13.6 Å². The van der Waals surface area contributed by atoms with Gasteiger partial charge in [0.1, 0.15) is 5.82 Å². The fraction of sp³-hybridized carbons (Fsp3) is 0.294. The molecule has 140 valence electrons. The van der Waals surface area contributed by atoms with E-state index in [1.165, 1.54) is 22.5 Å². The average Bonchev–Trinajstić information content (AvgIpc) is 3.28. The van der Waals surface area contributed by atoms with Crippen LogP contribution in [-0.2, 0) is 13.0 Å². The molecule has 0 radical (unpaired) electrons. The predicted molar refractivity (Wildman–Crippen MR) is 100 cm³/mol. The van der Waals surface area contributed by atoms with Crippen LogP contribution in [0.3, 0.4) is 0 Å². The van der Waals surface area contributed by atoms with Crippen molar-refractivity contribution in [3.8, 4) is 0 Å². The molecule has 2 aromatic heterocycles. The number of halogens is 2. The maximum atomic E-state index is 12.8. The lowest BCUT2D eigenvalue weighted by atomic mass is 10.1. The molecular formula is C17H15F2N5OS2. The first kappa shape index (κ1) is 17.9. The number of hydrogen-bond acceptors (Lipinski definition) is 6. The van der Waals surface area contributed by atoms with Crippen LogP contribution in [0, 0.1) is 0 Å². The van der Waals surface area contributed by atoms with Crippen molar-refractivity contribution in [2.45, 2.75) is 25.4 Å². The Morgan fingerprint density at radius 2 is 2.19 bits per heavy atom. The van der Waals surface area contributed by atoms with E-state index in [9.17, 15) is 13.6 Å². The highest BCUT2D eigenvalue weighted by atomic mass is 32.1. The number of aliphatic imine (C=N–C) groups is 1. The summed E-state index contributed by atoms with van der Waals surface area (Å²) in [6.45, 7) is 0.358. The lowest BCUT2D eigenvalue weighted by Gasteiger charge is -2.35. The quantitative estimate of drug-likeness (QED) is 0.756. The van der Waals surface area contributed by atoms with Gasteiger partial charge in [-0.1, -0.05) is 10.6 Å². The van der Waals surface area contributed by atoms with Crippen molar-refractivity contribution >= 4 is 34.6 Å². The van der Waals surface area contributed by atoms with Crippen molar-refractivity contribution in [3.05, 3.63) is 57.0 Å². The highest BCUT2D eigenvalue weighted by molar-refractivity contribution is 7.12. The third kappa shape index (κ3) is 3.67. The normalized spacial score (nSPS) is 19.4. The molecule has 0 saturated carbocycles. The average molecular weight is 407 g/mol. The van der Waals surface area contributed by atoms with Gasteiger partial charge >= 0.3 is 6.03 Å². The summed E-state index contributed by atoms with van der Waals surface area (Å²) >= 11 is 2.32. The first-order valence-electron chi connectivity index (χ1n) is 8.16. The number of allylic oxidation sites excluding steroid dienone is 1. The van der Waals surface area contributed by atoms with Gasteiger partial charge in [0.2, 0.25) is 0 Å². The van der Waals surface area contributed by atoms with Crippen LogP contribution in [0.15, 0.2) is 46.6 Å². The molecule has 0 fully saturated rings. The summed E-state index contributed by atoms with van der Waals surface area (Å²) in [4.78, 5) is 21.4. The Kier molecular flexibility index (Phi) is 4.83. The Labute approximate surface area is 162 Å². The minimum absolute atomic E-state index is 0.0523. The molecule has 27 heavy (non-hydrogen) atoms. The summed E-state index contributed by atoms with van der Waals surface area (Å²) in [6.07, 6.45) is 3.64. The minimum atomic E-state index is -2.46. The molecule has 0 aromatic carbocycles. The van der Waals surface area contributed by atoms with Gasteiger partial charge in [0.15, 0.2) is 0 Å². The molecule has 10 heteroatoms. The van der Waals surface area contributed by atoms with Gasteiger partial charge in [-0.2, -0.15) is 0 Å². The SMILES string of the molecule is CN1C(=O)N(Cc2csnn2)C2C=CC(Cc3ccc(C(F)F)s3)=NC1=C2. The number of urea groups is 1. The van der Waals surface area contributed by atoms with E-state index in [1.807, 2.05) is 23.6 Å². The van der Waals surface area contributed by atoms with Crippen molar-refractivity contribution in [1.29, 1.82) is 0 Å². The number of rotatable bonds is 5. The van der Waals surface area contributed by atoms with Crippen molar-refractivity contribution in [3.63, 3.8) is 0 Å². The van der Waals surface area contributed by atoms with E-state index in [2.05, 4.69) is 14.6 Å². The topological polar surface area (TPSA) is 61.7 Å². The molecule has 2 aliphatic heterocycles. The van der Waals surface area contributed by atoms with Gasteiger partial charge in [0.05, 0.1) is 23.2 Å². The Morgan fingerprint density at radius 3 is 2.89 bits per heavy atom. The second-order valence-corrected chi connectivity index (χ2v) is 7.93. The van der Waals surface area contributed by atoms with Gasteiger partial charge < -0.3 is 4.90 Å². The molecule has 4 rings (SSSR count). The standard InChI is InChI=1S/C17H15F2N5OS2/c1-23-15-7-12(24(17(23)25)8-11-9-26-22-21-11)3-2-10(20-15)6-13-4-5-14(27-13)16(18)19/h2-5,7,9,12,16H,6,8H2,1H3. The zero-order valence-corrected chi connectivity index (χ0v) is 15.9. The van der Waals surface area contributed by atoms with Crippen molar-refractivity contribution in [2.24, 2.45) is 4.99 Å². The van der Waals surface area contributed by atoms with Crippen LogP contribution in [-0.4, -0.2) is 44.2 Å². The number of hydrogen-bond donors (Lipinski definition) is 0. The Bertz CT molecular complexity index is 935. The molecular weight excluding hydrogens is 392 g/mol. The number of aromatic nitrogens is 2. The summed E-state index contributed by atoms with van der Waals surface area (Å²) in [5.41, 5.74) is 1.46. The number of carbonyl (C=O) groups is 1. The largest absolute Gasteiger partial charge is 0.326 e. The molecule has 2 amide bonds. The molecule has 6 nitrogen and oxygen atoms in total. The smallest absolute Gasteiger partial charge is 0.308 e. The van der Waals surface area contributed by atoms with Gasteiger partial charge in [0, 0.05) is 29.4 Å². The van der Waals surface area contributed by atoms with Crippen molar-refractivity contribution < 1.29 is 13.6 Å². The monoisotopic (exact) mass is 407 g/mol. The fourth-order valence-corrected chi connectivity index (χ4v) is 4.25. The maximum Gasteiger partial charge on any atom is 0.326 e. The zero-order chi connectivity index (χ0) is 19.0. The van der Waals surface area contributed by atoms with Crippen LogP contribution in [0.5, 0.6) is 0 Å². The lowest BCUT2D eigenvalue weighted by molar-refractivity contribution is 0.155. The van der Waals surface area contributed by atoms with Gasteiger partial charge in [-0.15, -0.1) is 16.4 Å². The second kappa shape index (κ2) is 7.28. The molecule has 2 aliphatic rings. The number of carbonyl (C=O) groups excluding carboxylic acids is 1. The molecule has 4 heterocycles. The van der Waals surface area contributed by atoms with Gasteiger partial charge in [-0.05, 0) is 35.8 Å². The Hall–Kier alpha value is -2.46. The van der Waals surface area contributed by atoms with E-state index in [0.717, 1.165) is 27.6 Å². The van der Waals surface area contributed by atoms with E-state index in [4.69, 9.17) is 0 Å². The number of alkyl halides is 2. The van der Waals surface area contributed by atoms with Gasteiger partial charge in [0.25, 0.3) is 6.43 Å². The highest BCUT2D eigenvalue weighted by Gasteiger charge is 2.32. The zero-order valence-electron chi connectivity index (χ0n) is 14.2.